The summed E-state index contributed by atoms with van der Waals surface area (Å²) in [6, 6.07) is 13.8. The van der Waals surface area contributed by atoms with Crippen molar-refractivity contribution < 1.29 is 14.6 Å². The molecule has 6 heteroatoms. The third-order valence-corrected chi connectivity index (χ3v) is 5.92. The van der Waals surface area contributed by atoms with E-state index in [1.807, 2.05) is 30.3 Å². The summed E-state index contributed by atoms with van der Waals surface area (Å²) in [4.78, 5) is 14.7. The van der Waals surface area contributed by atoms with Gasteiger partial charge in [0.15, 0.2) is 0 Å². The number of aliphatic hydroxyl groups excluding tert-OH is 1. The second kappa shape index (κ2) is 9.85. The van der Waals surface area contributed by atoms with Gasteiger partial charge in [0.05, 0.1) is 18.3 Å². The number of ether oxygens (including phenoxy) is 1. The van der Waals surface area contributed by atoms with Crippen molar-refractivity contribution in [3.8, 4) is 5.75 Å². The van der Waals surface area contributed by atoms with Crippen LogP contribution in [0, 0.1) is 0 Å². The third kappa shape index (κ3) is 5.05. The van der Waals surface area contributed by atoms with Crippen molar-refractivity contribution >= 4 is 17.4 Å². The van der Waals surface area contributed by atoms with Crippen molar-refractivity contribution in [1.82, 2.24) is 5.32 Å². The molecule has 1 aliphatic carbocycles. The maximum atomic E-state index is 12.4. The SMILES string of the molecule is O=C(NCCOc1ccccc1N1CCCCC1)Nc1cccc2c1C[C@H](O)CC2. The second-order valence-electron chi connectivity index (χ2n) is 8.08. The number of hydrogen-bond acceptors (Lipinski definition) is 4. The fourth-order valence-corrected chi connectivity index (χ4v) is 4.35. The van der Waals surface area contributed by atoms with Crippen LogP contribution >= 0.6 is 0 Å². The largest absolute Gasteiger partial charge is 0.490 e. The van der Waals surface area contributed by atoms with Crippen LogP contribution < -0.4 is 20.3 Å². The Bertz CT molecular complexity index is 865. The number of nitrogens with one attached hydrogen (secondary N) is 2. The summed E-state index contributed by atoms with van der Waals surface area (Å²) in [5.74, 6) is 0.868. The van der Waals surface area contributed by atoms with Crippen LogP contribution in [0.5, 0.6) is 5.75 Å². The molecule has 1 heterocycles. The monoisotopic (exact) mass is 409 g/mol. The lowest BCUT2D eigenvalue weighted by atomic mass is 9.88. The highest BCUT2D eigenvalue weighted by Crippen LogP contribution is 2.30. The number of aliphatic hydroxyl groups is 1. The minimum absolute atomic E-state index is 0.253. The molecule has 6 nitrogen and oxygen atoms in total. The van der Waals surface area contributed by atoms with Crippen LogP contribution in [-0.2, 0) is 12.8 Å². The minimum Gasteiger partial charge on any atom is -0.490 e. The van der Waals surface area contributed by atoms with E-state index in [0.29, 0.717) is 19.6 Å². The molecule has 2 aromatic carbocycles. The first-order valence-electron chi connectivity index (χ1n) is 11.0. The van der Waals surface area contributed by atoms with Gasteiger partial charge in [-0.2, -0.15) is 0 Å². The fraction of sp³-hybridized carbons (Fsp3) is 0.458. The average Bonchev–Trinajstić information content (AvgIpc) is 2.78. The maximum absolute atomic E-state index is 12.4. The number of piperidine rings is 1. The second-order valence-corrected chi connectivity index (χ2v) is 8.08. The van der Waals surface area contributed by atoms with Crippen LogP contribution in [0.1, 0.15) is 36.8 Å². The Morgan fingerprint density at radius 1 is 1.10 bits per heavy atom. The molecular weight excluding hydrogens is 378 g/mol. The molecule has 1 fully saturated rings. The molecule has 2 aliphatic rings. The third-order valence-electron chi connectivity index (χ3n) is 5.92. The number of amides is 2. The molecule has 3 N–H and O–H groups in total. The number of rotatable bonds is 6. The summed E-state index contributed by atoms with van der Waals surface area (Å²) < 4.78 is 5.98. The fourth-order valence-electron chi connectivity index (χ4n) is 4.35. The Balaban J connectivity index is 1.27. The van der Waals surface area contributed by atoms with Crippen molar-refractivity contribution in [1.29, 1.82) is 0 Å². The van der Waals surface area contributed by atoms with Crippen LogP contribution in [-0.4, -0.2) is 43.5 Å². The molecule has 0 aromatic heterocycles. The summed E-state index contributed by atoms with van der Waals surface area (Å²) in [5, 5.41) is 15.8. The highest BCUT2D eigenvalue weighted by molar-refractivity contribution is 5.90. The van der Waals surface area contributed by atoms with E-state index >= 15 is 0 Å². The van der Waals surface area contributed by atoms with Gasteiger partial charge in [-0.25, -0.2) is 4.79 Å². The number of fused-ring (bicyclic) bond motifs is 1. The lowest BCUT2D eigenvalue weighted by molar-refractivity contribution is 0.159. The minimum atomic E-state index is -0.336. The number of carbonyl (C=O) groups is 1. The lowest BCUT2D eigenvalue weighted by Gasteiger charge is -2.30. The Hall–Kier alpha value is -2.73. The topological polar surface area (TPSA) is 73.8 Å². The standard InChI is InChI=1S/C24H31N3O3/c28-19-12-11-18-7-6-8-21(20(18)17-19)26-24(29)25-13-16-30-23-10-3-2-9-22(23)27-14-4-1-5-15-27/h2-3,6-10,19,28H,1,4-5,11-17H2,(H2,25,26,29)/t19-/m1/s1. The lowest BCUT2D eigenvalue weighted by Crippen LogP contribution is -2.33. The summed E-state index contributed by atoms with van der Waals surface area (Å²) >= 11 is 0. The number of aryl methyl sites for hydroxylation is 1. The molecule has 1 saturated heterocycles. The van der Waals surface area contributed by atoms with Crippen molar-refractivity contribution in [2.75, 3.05) is 36.5 Å². The molecule has 0 radical (unpaired) electrons. The van der Waals surface area contributed by atoms with E-state index in [1.165, 1.54) is 24.8 Å². The van der Waals surface area contributed by atoms with E-state index in [1.54, 1.807) is 0 Å². The number of nitrogens with zero attached hydrogens (tertiary/aromatic N) is 1. The first-order chi connectivity index (χ1) is 14.7. The molecule has 1 aliphatic heterocycles. The van der Waals surface area contributed by atoms with Gasteiger partial charge in [-0.3, -0.25) is 0 Å². The van der Waals surface area contributed by atoms with Crippen LogP contribution in [0.4, 0.5) is 16.2 Å². The first kappa shape index (κ1) is 20.5. The molecule has 0 unspecified atom stereocenters. The Labute approximate surface area is 178 Å². The van der Waals surface area contributed by atoms with E-state index in [4.69, 9.17) is 4.74 Å². The molecule has 1 atom stereocenters. The van der Waals surface area contributed by atoms with Gasteiger partial charge < -0.3 is 25.4 Å². The van der Waals surface area contributed by atoms with E-state index in [9.17, 15) is 9.90 Å². The molecule has 160 valence electrons. The predicted octanol–water partition coefficient (Wildman–Crippen LogP) is 3.73. The summed E-state index contributed by atoms with van der Waals surface area (Å²) in [5.41, 5.74) is 4.16. The number of benzene rings is 2. The maximum Gasteiger partial charge on any atom is 0.319 e. The highest BCUT2D eigenvalue weighted by atomic mass is 16.5. The van der Waals surface area contributed by atoms with E-state index < -0.39 is 0 Å². The van der Waals surface area contributed by atoms with Crippen LogP contribution in [0.3, 0.4) is 0 Å². The number of para-hydroxylation sites is 2. The van der Waals surface area contributed by atoms with Crippen molar-refractivity contribution in [2.24, 2.45) is 0 Å². The predicted molar refractivity (Wildman–Crippen MR) is 119 cm³/mol. The Morgan fingerprint density at radius 3 is 2.80 bits per heavy atom. The molecular formula is C24H31N3O3. The quantitative estimate of drug-likeness (QED) is 0.636. The van der Waals surface area contributed by atoms with Gasteiger partial charge in [0.1, 0.15) is 12.4 Å². The van der Waals surface area contributed by atoms with Gasteiger partial charge in [0.2, 0.25) is 0 Å². The highest BCUT2D eigenvalue weighted by Gasteiger charge is 2.20. The van der Waals surface area contributed by atoms with E-state index in [-0.39, 0.29) is 12.1 Å². The zero-order valence-electron chi connectivity index (χ0n) is 17.4. The van der Waals surface area contributed by atoms with Crippen LogP contribution in [0.2, 0.25) is 0 Å². The first-order valence-corrected chi connectivity index (χ1v) is 11.0. The Kier molecular flexibility index (Phi) is 6.74. The number of hydrogen-bond donors (Lipinski definition) is 3. The van der Waals surface area contributed by atoms with Crippen molar-refractivity contribution in [3.63, 3.8) is 0 Å². The van der Waals surface area contributed by atoms with Crippen LogP contribution in [0.15, 0.2) is 42.5 Å². The Morgan fingerprint density at radius 2 is 1.93 bits per heavy atom. The summed E-state index contributed by atoms with van der Waals surface area (Å²) in [6.07, 6.45) is 5.60. The van der Waals surface area contributed by atoms with E-state index in [2.05, 4.69) is 27.7 Å². The average molecular weight is 410 g/mol. The van der Waals surface area contributed by atoms with E-state index in [0.717, 1.165) is 48.6 Å². The van der Waals surface area contributed by atoms with Gasteiger partial charge in [0, 0.05) is 25.2 Å². The molecule has 0 bridgehead atoms. The van der Waals surface area contributed by atoms with Gasteiger partial charge in [-0.1, -0.05) is 24.3 Å². The van der Waals surface area contributed by atoms with Gasteiger partial charge in [0.25, 0.3) is 0 Å². The van der Waals surface area contributed by atoms with Crippen LogP contribution in [0.25, 0.3) is 0 Å². The van der Waals surface area contributed by atoms with Gasteiger partial charge >= 0.3 is 6.03 Å². The van der Waals surface area contributed by atoms with Gasteiger partial charge in [-0.05, 0) is 61.4 Å². The zero-order chi connectivity index (χ0) is 20.8. The smallest absolute Gasteiger partial charge is 0.319 e. The molecule has 2 aromatic rings. The number of anilines is 2. The number of carbonyl (C=O) groups excluding carboxylic acids is 1. The molecule has 2 amide bonds. The van der Waals surface area contributed by atoms with Gasteiger partial charge in [-0.15, -0.1) is 0 Å². The molecule has 0 spiro atoms. The molecule has 0 saturated carbocycles. The summed E-state index contributed by atoms with van der Waals surface area (Å²) in [6.45, 7) is 2.95. The molecule has 30 heavy (non-hydrogen) atoms. The normalized spacial score (nSPS) is 18.4. The summed E-state index contributed by atoms with van der Waals surface area (Å²) in [7, 11) is 0. The van der Waals surface area contributed by atoms with Crippen molar-refractivity contribution in [2.45, 2.75) is 44.6 Å². The number of urea groups is 1. The molecule has 4 rings (SSSR count). The van der Waals surface area contributed by atoms with Crippen molar-refractivity contribution in [3.05, 3.63) is 53.6 Å². The zero-order valence-corrected chi connectivity index (χ0v) is 17.4.